The molecule has 0 aromatic carbocycles. The summed E-state index contributed by atoms with van der Waals surface area (Å²) in [6.07, 6.45) is -0.860. The minimum atomic E-state index is -1.11. The first kappa shape index (κ1) is 12.7. The average Bonchev–Trinajstić information content (AvgIpc) is 2.55. The van der Waals surface area contributed by atoms with Gasteiger partial charge in [0.15, 0.2) is 6.10 Å². The summed E-state index contributed by atoms with van der Waals surface area (Å²) in [6, 6.07) is 0. The molecule has 1 aromatic heterocycles. The fourth-order valence-electron chi connectivity index (χ4n) is 1.75. The van der Waals surface area contributed by atoms with Crippen LogP contribution in [0.1, 0.15) is 23.9 Å². The number of nitrogens with zero attached hydrogens (tertiary/aromatic N) is 2. The number of carbonyl (C=O) groups excluding carboxylic acids is 1. The van der Waals surface area contributed by atoms with E-state index in [0.29, 0.717) is 0 Å². The van der Waals surface area contributed by atoms with Crippen LogP contribution in [0.25, 0.3) is 0 Å². The van der Waals surface area contributed by atoms with E-state index in [0.717, 1.165) is 23.5 Å². The lowest BCUT2D eigenvalue weighted by molar-refractivity contribution is -0.150. The van der Waals surface area contributed by atoms with Gasteiger partial charge in [0.25, 0.3) is 0 Å². The number of aryl methyl sites for hydroxylation is 2. The Hall–Kier alpha value is -1.36. The Morgan fingerprint density at radius 2 is 2.19 bits per heavy atom. The lowest BCUT2D eigenvalue weighted by atomic mass is 10.1. The van der Waals surface area contributed by atoms with Gasteiger partial charge in [-0.05, 0) is 26.3 Å². The van der Waals surface area contributed by atoms with Crippen molar-refractivity contribution in [3.05, 3.63) is 17.0 Å². The number of ether oxygens (including phenoxy) is 1. The summed E-state index contributed by atoms with van der Waals surface area (Å²) in [5.41, 5.74) is 2.75. The molecule has 0 aliphatic rings. The number of hydrogen-bond acceptors (Lipinski definition) is 4. The first-order chi connectivity index (χ1) is 7.51. The summed E-state index contributed by atoms with van der Waals surface area (Å²) in [7, 11) is 1.26. The number of carbonyl (C=O) groups is 1. The van der Waals surface area contributed by atoms with E-state index < -0.39 is 12.1 Å². The fraction of sp³-hybridized carbons (Fsp3) is 0.636. The van der Waals surface area contributed by atoms with E-state index in [9.17, 15) is 9.90 Å². The summed E-state index contributed by atoms with van der Waals surface area (Å²) in [5.74, 6) is -0.608. The van der Waals surface area contributed by atoms with Crippen LogP contribution in [-0.2, 0) is 22.5 Å². The van der Waals surface area contributed by atoms with Crippen molar-refractivity contribution in [1.29, 1.82) is 0 Å². The van der Waals surface area contributed by atoms with Gasteiger partial charge >= 0.3 is 5.97 Å². The molecule has 1 unspecified atom stereocenters. The number of aliphatic hydroxyl groups is 1. The van der Waals surface area contributed by atoms with Crippen LogP contribution in [0.15, 0.2) is 0 Å². The van der Waals surface area contributed by atoms with E-state index in [1.165, 1.54) is 7.11 Å². The van der Waals surface area contributed by atoms with Crippen molar-refractivity contribution in [3.8, 4) is 0 Å². The highest BCUT2D eigenvalue weighted by Gasteiger charge is 2.20. The molecule has 0 aliphatic heterocycles. The van der Waals surface area contributed by atoms with E-state index in [1.807, 2.05) is 25.5 Å². The maximum Gasteiger partial charge on any atom is 0.335 e. The monoisotopic (exact) mass is 226 g/mol. The van der Waals surface area contributed by atoms with Gasteiger partial charge in [-0.25, -0.2) is 4.79 Å². The molecular weight excluding hydrogens is 208 g/mol. The third-order valence-corrected chi connectivity index (χ3v) is 2.70. The third kappa shape index (κ3) is 2.41. The number of aliphatic hydroxyl groups excluding tert-OH is 1. The number of esters is 1. The summed E-state index contributed by atoms with van der Waals surface area (Å²) in [4.78, 5) is 11.1. The second-order valence-electron chi connectivity index (χ2n) is 3.71. The van der Waals surface area contributed by atoms with Gasteiger partial charge in [-0.15, -0.1) is 0 Å². The smallest absolute Gasteiger partial charge is 0.335 e. The maximum absolute atomic E-state index is 11.1. The largest absolute Gasteiger partial charge is 0.467 e. The molecule has 1 atom stereocenters. The normalized spacial score (nSPS) is 12.6. The average molecular weight is 226 g/mol. The molecule has 0 bridgehead atoms. The summed E-state index contributed by atoms with van der Waals surface area (Å²) >= 11 is 0. The molecule has 0 radical (unpaired) electrons. The Balaban J connectivity index is 2.89. The topological polar surface area (TPSA) is 64.3 Å². The summed E-state index contributed by atoms with van der Waals surface area (Å²) in [6.45, 7) is 6.59. The van der Waals surface area contributed by atoms with Crippen LogP contribution in [-0.4, -0.2) is 34.1 Å². The Morgan fingerprint density at radius 3 is 2.62 bits per heavy atom. The predicted molar refractivity (Wildman–Crippen MR) is 59.1 cm³/mol. The second kappa shape index (κ2) is 5.12. The van der Waals surface area contributed by atoms with Crippen molar-refractivity contribution in [2.24, 2.45) is 0 Å². The van der Waals surface area contributed by atoms with Crippen molar-refractivity contribution in [2.75, 3.05) is 7.11 Å². The van der Waals surface area contributed by atoms with E-state index in [1.54, 1.807) is 0 Å². The number of methoxy groups -OCH3 is 1. The Morgan fingerprint density at radius 1 is 1.56 bits per heavy atom. The van der Waals surface area contributed by atoms with Gasteiger partial charge in [0.1, 0.15) is 0 Å². The highest BCUT2D eigenvalue weighted by molar-refractivity contribution is 5.74. The number of aromatic nitrogens is 2. The molecule has 0 saturated heterocycles. The molecule has 1 N–H and O–H groups in total. The van der Waals surface area contributed by atoms with Crippen molar-refractivity contribution in [3.63, 3.8) is 0 Å². The maximum atomic E-state index is 11.1. The van der Waals surface area contributed by atoms with Crippen molar-refractivity contribution < 1.29 is 14.6 Å². The standard InChI is InChI=1S/C11H18N2O3/c1-5-13-8(3)9(7(2)12-13)6-10(14)11(15)16-4/h10,14H,5-6H2,1-4H3. The Bertz CT molecular complexity index is 385. The molecule has 5 nitrogen and oxygen atoms in total. The molecule has 1 rings (SSSR count). The lowest BCUT2D eigenvalue weighted by Crippen LogP contribution is -2.24. The quantitative estimate of drug-likeness (QED) is 0.763. The van der Waals surface area contributed by atoms with Gasteiger partial charge < -0.3 is 9.84 Å². The van der Waals surface area contributed by atoms with Crippen LogP contribution >= 0.6 is 0 Å². The Labute approximate surface area is 95.0 Å². The minimum Gasteiger partial charge on any atom is -0.467 e. The van der Waals surface area contributed by atoms with Crippen LogP contribution in [0, 0.1) is 13.8 Å². The highest BCUT2D eigenvalue weighted by Crippen LogP contribution is 2.15. The molecule has 16 heavy (non-hydrogen) atoms. The van der Waals surface area contributed by atoms with Crippen LogP contribution < -0.4 is 0 Å². The van der Waals surface area contributed by atoms with Crippen molar-refractivity contribution >= 4 is 5.97 Å². The van der Waals surface area contributed by atoms with Gasteiger partial charge in [0.2, 0.25) is 0 Å². The van der Waals surface area contributed by atoms with Crippen LogP contribution in [0.2, 0.25) is 0 Å². The molecule has 0 amide bonds. The number of hydrogen-bond donors (Lipinski definition) is 1. The van der Waals surface area contributed by atoms with Gasteiger partial charge in [-0.2, -0.15) is 5.10 Å². The molecule has 5 heteroatoms. The molecule has 0 fully saturated rings. The molecule has 0 aliphatic carbocycles. The highest BCUT2D eigenvalue weighted by atomic mass is 16.5. The second-order valence-corrected chi connectivity index (χ2v) is 3.71. The minimum absolute atomic E-state index is 0.254. The van der Waals surface area contributed by atoms with Gasteiger partial charge in [-0.3, -0.25) is 4.68 Å². The van der Waals surface area contributed by atoms with Crippen LogP contribution in [0.3, 0.4) is 0 Å². The first-order valence-electron chi connectivity index (χ1n) is 5.30. The third-order valence-electron chi connectivity index (χ3n) is 2.70. The molecular formula is C11H18N2O3. The molecule has 1 aromatic rings. The van der Waals surface area contributed by atoms with E-state index in [-0.39, 0.29) is 6.42 Å². The zero-order chi connectivity index (χ0) is 12.3. The summed E-state index contributed by atoms with van der Waals surface area (Å²) < 4.78 is 6.34. The van der Waals surface area contributed by atoms with Crippen molar-refractivity contribution in [1.82, 2.24) is 9.78 Å². The van der Waals surface area contributed by atoms with E-state index in [2.05, 4.69) is 9.84 Å². The molecule has 0 spiro atoms. The van der Waals surface area contributed by atoms with Gasteiger partial charge in [0, 0.05) is 18.7 Å². The zero-order valence-electron chi connectivity index (χ0n) is 10.1. The molecule has 90 valence electrons. The van der Waals surface area contributed by atoms with Crippen LogP contribution in [0.4, 0.5) is 0 Å². The molecule has 0 saturated carbocycles. The van der Waals surface area contributed by atoms with Gasteiger partial charge in [0.05, 0.1) is 12.8 Å². The predicted octanol–water partition coefficient (Wildman–Crippen LogP) is 0.596. The van der Waals surface area contributed by atoms with Crippen LogP contribution in [0.5, 0.6) is 0 Å². The first-order valence-corrected chi connectivity index (χ1v) is 5.30. The fourth-order valence-corrected chi connectivity index (χ4v) is 1.75. The van der Waals surface area contributed by atoms with E-state index in [4.69, 9.17) is 0 Å². The van der Waals surface area contributed by atoms with E-state index >= 15 is 0 Å². The summed E-state index contributed by atoms with van der Waals surface area (Å²) in [5, 5.41) is 13.9. The molecule has 1 heterocycles. The number of rotatable bonds is 4. The Kier molecular flexibility index (Phi) is 4.06. The van der Waals surface area contributed by atoms with Crippen molar-refractivity contribution in [2.45, 2.75) is 39.8 Å². The zero-order valence-corrected chi connectivity index (χ0v) is 10.1. The lowest BCUT2D eigenvalue weighted by Gasteiger charge is -2.08. The van der Waals surface area contributed by atoms with Gasteiger partial charge in [-0.1, -0.05) is 0 Å². The SMILES string of the molecule is CCn1nc(C)c(CC(O)C(=O)OC)c1C.